The number of nitrogens with one attached hydrogen (secondary N) is 1. The fraction of sp³-hybridized carbons (Fsp3) is 0.438. The van der Waals surface area contributed by atoms with Gasteiger partial charge in [0.25, 0.3) is 0 Å². The maximum Gasteiger partial charge on any atom is 0.124 e. The van der Waals surface area contributed by atoms with Gasteiger partial charge < -0.3 is 5.32 Å². The lowest BCUT2D eigenvalue weighted by atomic mass is 9.97. The molecule has 1 N–H and O–H groups in total. The Morgan fingerprint density at radius 2 is 2.21 bits per heavy atom. The lowest BCUT2D eigenvalue weighted by Crippen LogP contribution is -2.24. The zero-order valence-corrected chi connectivity index (χ0v) is 12.4. The molecule has 1 aromatic carbocycles. The Morgan fingerprint density at radius 3 is 3.00 bits per heavy atom. The van der Waals surface area contributed by atoms with Gasteiger partial charge in [-0.2, -0.15) is 0 Å². The summed E-state index contributed by atoms with van der Waals surface area (Å²) < 4.78 is 0. The molecule has 0 bridgehead atoms. The van der Waals surface area contributed by atoms with Crippen molar-refractivity contribution in [2.45, 2.75) is 39.2 Å². The Balaban J connectivity index is 2.00. The molecule has 2 aromatic rings. The Labute approximate surface area is 118 Å². The van der Waals surface area contributed by atoms with E-state index >= 15 is 0 Å². The maximum absolute atomic E-state index is 4.94. The zero-order chi connectivity index (χ0) is 13.2. The zero-order valence-electron chi connectivity index (χ0n) is 11.6. The highest BCUT2D eigenvalue weighted by Crippen LogP contribution is 2.37. The molecule has 1 atom stereocenters. The maximum atomic E-state index is 4.94. The Hall–Kier alpha value is -1.19. The quantitative estimate of drug-likeness (QED) is 0.909. The lowest BCUT2D eigenvalue weighted by molar-refractivity contribution is 0.465. The van der Waals surface area contributed by atoms with Crippen molar-refractivity contribution in [2.24, 2.45) is 0 Å². The third kappa shape index (κ3) is 2.45. The van der Waals surface area contributed by atoms with E-state index in [-0.39, 0.29) is 0 Å². The number of aromatic nitrogens is 1. The number of hydrogen-bond donors (Lipinski definition) is 1. The molecule has 0 spiro atoms. The minimum Gasteiger partial charge on any atom is -0.309 e. The summed E-state index contributed by atoms with van der Waals surface area (Å²) in [7, 11) is 0. The number of aryl methyl sites for hydroxylation is 2. The molecular formula is C16H20N2S. The van der Waals surface area contributed by atoms with Gasteiger partial charge in [-0.25, -0.2) is 4.98 Å². The average molecular weight is 272 g/mol. The topological polar surface area (TPSA) is 24.9 Å². The SMILES string of the molecule is CCNC1CCCc2sc(-c3ccccc3C)nc21. The van der Waals surface area contributed by atoms with Crippen LogP contribution in [-0.4, -0.2) is 11.5 Å². The average Bonchev–Trinajstić information content (AvgIpc) is 2.84. The molecule has 3 heteroatoms. The van der Waals surface area contributed by atoms with Gasteiger partial charge in [-0.15, -0.1) is 11.3 Å². The van der Waals surface area contributed by atoms with E-state index in [1.165, 1.54) is 46.0 Å². The smallest absolute Gasteiger partial charge is 0.124 e. The molecular weight excluding hydrogens is 252 g/mol. The molecule has 0 radical (unpaired) electrons. The first kappa shape index (κ1) is 12.8. The lowest BCUT2D eigenvalue weighted by Gasteiger charge is -2.21. The van der Waals surface area contributed by atoms with Crippen LogP contribution in [0.15, 0.2) is 24.3 Å². The van der Waals surface area contributed by atoms with Crippen molar-refractivity contribution in [3.8, 4) is 10.6 Å². The monoisotopic (exact) mass is 272 g/mol. The highest BCUT2D eigenvalue weighted by Gasteiger charge is 2.24. The van der Waals surface area contributed by atoms with Crippen LogP contribution < -0.4 is 5.32 Å². The predicted octanol–water partition coefficient (Wildman–Crippen LogP) is 4.11. The van der Waals surface area contributed by atoms with Crippen molar-refractivity contribution < 1.29 is 0 Å². The molecule has 3 rings (SSSR count). The molecule has 100 valence electrons. The molecule has 0 saturated heterocycles. The van der Waals surface area contributed by atoms with Crippen molar-refractivity contribution in [3.63, 3.8) is 0 Å². The Bertz CT molecular complexity index is 574. The first-order valence-electron chi connectivity index (χ1n) is 7.08. The van der Waals surface area contributed by atoms with Crippen LogP contribution in [0.2, 0.25) is 0 Å². The van der Waals surface area contributed by atoms with Crippen LogP contribution in [0, 0.1) is 6.92 Å². The number of nitrogens with zero attached hydrogens (tertiary/aromatic N) is 1. The van der Waals surface area contributed by atoms with Crippen molar-refractivity contribution in [1.29, 1.82) is 0 Å². The molecule has 0 amide bonds. The van der Waals surface area contributed by atoms with Crippen molar-refractivity contribution in [2.75, 3.05) is 6.54 Å². The van der Waals surface area contributed by atoms with Gasteiger partial charge in [0.1, 0.15) is 5.01 Å². The Morgan fingerprint density at radius 1 is 1.37 bits per heavy atom. The summed E-state index contributed by atoms with van der Waals surface area (Å²) in [6, 6.07) is 9.00. The number of benzene rings is 1. The third-order valence-electron chi connectivity index (χ3n) is 3.78. The van der Waals surface area contributed by atoms with Gasteiger partial charge in [-0.1, -0.05) is 31.2 Å². The van der Waals surface area contributed by atoms with Crippen molar-refractivity contribution in [3.05, 3.63) is 40.4 Å². The molecule has 1 unspecified atom stereocenters. The number of thiazole rings is 1. The second-order valence-corrected chi connectivity index (χ2v) is 6.23. The minimum absolute atomic E-state index is 0.461. The molecule has 2 nitrogen and oxygen atoms in total. The van der Waals surface area contributed by atoms with Crippen LogP contribution in [0.1, 0.15) is 41.9 Å². The summed E-state index contributed by atoms with van der Waals surface area (Å²) in [5.74, 6) is 0. The van der Waals surface area contributed by atoms with E-state index in [2.05, 4.69) is 43.4 Å². The van der Waals surface area contributed by atoms with Gasteiger partial charge in [0.15, 0.2) is 0 Å². The first-order valence-corrected chi connectivity index (χ1v) is 7.90. The molecule has 19 heavy (non-hydrogen) atoms. The summed E-state index contributed by atoms with van der Waals surface area (Å²) in [5, 5.41) is 4.75. The molecule has 0 fully saturated rings. The van der Waals surface area contributed by atoms with Gasteiger partial charge in [0, 0.05) is 10.4 Å². The summed E-state index contributed by atoms with van der Waals surface area (Å²) in [6.45, 7) is 5.35. The van der Waals surface area contributed by atoms with Gasteiger partial charge in [-0.05, 0) is 38.3 Å². The van der Waals surface area contributed by atoms with Gasteiger partial charge >= 0.3 is 0 Å². The van der Waals surface area contributed by atoms with E-state index in [0.29, 0.717) is 6.04 Å². The number of hydrogen-bond acceptors (Lipinski definition) is 3. The third-order valence-corrected chi connectivity index (χ3v) is 4.94. The standard InChI is InChI=1S/C16H20N2S/c1-3-17-13-9-6-10-14-15(13)18-16(19-14)12-8-5-4-7-11(12)2/h4-5,7-8,13,17H,3,6,9-10H2,1-2H3. The van der Waals surface area contributed by atoms with E-state index in [0.717, 1.165) is 6.54 Å². The fourth-order valence-corrected chi connectivity index (χ4v) is 4.05. The summed E-state index contributed by atoms with van der Waals surface area (Å²) >= 11 is 1.88. The number of rotatable bonds is 3. The highest BCUT2D eigenvalue weighted by atomic mass is 32.1. The Kier molecular flexibility index (Phi) is 3.67. The van der Waals surface area contributed by atoms with Gasteiger partial charge in [0.2, 0.25) is 0 Å². The first-order chi connectivity index (χ1) is 9.29. The molecule has 0 saturated carbocycles. The van der Waals surface area contributed by atoms with Crippen LogP contribution in [0.25, 0.3) is 10.6 Å². The van der Waals surface area contributed by atoms with E-state index in [4.69, 9.17) is 4.98 Å². The van der Waals surface area contributed by atoms with E-state index in [1.807, 2.05) is 11.3 Å². The second kappa shape index (κ2) is 5.43. The molecule has 1 aliphatic carbocycles. The minimum atomic E-state index is 0.461. The molecule has 1 aromatic heterocycles. The summed E-state index contributed by atoms with van der Waals surface area (Å²) in [6.07, 6.45) is 3.69. The molecule has 0 aliphatic heterocycles. The van der Waals surface area contributed by atoms with E-state index < -0.39 is 0 Å². The number of fused-ring (bicyclic) bond motifs is 1. The van der Waals surface area contributed by atoms with Crippen LogP contribution in [0.4, 0.5) is 0 Å². The van der Waals surface area contributed by atoms with Gasteiger partial charge in [0.05, 0.1) is 11.7 Å². The van der Waals surface area contributed by atoms with Crippen LogP contribution in [0.3, 0.4) is 0 Å². The summed E-state index contributed by atoms with van der Waals surface area (Å²) in [4.78, 5) is 6.42. The van der Waals surface area contributed by atoms with E-state index in [1.54, 1.807) is 0 Å². The molecule has 1 aliphatic rings. The highest BCUT2D eigenvalue weighted by molar-refractivity contribution is 7.15. The van der Waals surface area contributed by atoms with Crippen molar-refractivity contribution >= 4 is 11.3 Å². The van der Waals surface area contributed by atoms with Crippen molar-refractivity contribution in [1.82, 2.24) is 10.3 Å². The largest absolute Gasteiger partial charge is 0.309 e. The molecule has 1 heterocycles. The normalized spacial score (nSPS) is 18.3. The second-order valence-electron chi connectivity index (χ2n) is 5.14. The van der Waals surface area contributed by atoms with Crippen LogP contribution in [0.5, 0.6) is 0 Å². The fourth-order valence-electron chi connectivity index (χ4n) is 2.79. The van der Waals surface area contributed by atoms with Gasteiger partial charge in [-0.3, -0.25) is 0 Å². The van der Waals surface area contributed by atoms with Crippen LogP contribution in [-0.2, 0) is 6.42 Å². The predicted molar refractivity (Wildman–Crippen MR) is 81.6 cm³/mol. The summed E-state index contributed by atoms with van der Waals surface area (Å²) in [5.41, 5.74) is 3.90. The van der Waals surface area contributed by atoms with E-state index in [9.17, 15) is 0 Å². The van der Waals surface area contributed by atoms with Crippen LogP contribution >= 0.6 is 11.3 Å².